The molecule has 0 amide bonds. The molecule has 5 nitrogen and oxygen atoms in total. The SMILES string of the molecule is CN=C(NCCc1c[nH]c2ccccc12)NCc1ccc(OC)c(Br)c1.I. The summed E-state index contributed by atoms with van der Waals surface area (Å²) in [5, 5.41) is 7.98. The van der Waals surface area contributed by atoms with Crippen LogP contribution in [0.15, 0.2) is 58.1 Å². The molecule has 0 atom stereocenters. The topological polar surface area (TPSA) is 61.4 Å². The first kappa shape index (κ1) is 21.6. The van der Waals surface area contributed by atoms with Crippen molar-refractivity contribution >= 4 is 56.8 Å². The Balaban J connectivity index is 0.00000261. The predicted octanol–water partition coefficient (Wildman–Crippen LogP) is 4.46. The van der Waals surface area contributed by atoms with Crippen LogP contribution in [-0.2, 0) is 13.0 Å². The highest BCUT2D eigenvalue weighted by Crippen LogP contribution is 2.25. The van der Waals surface area contributed by atoms with Gasteiger partial charge in [0.1, 0.15) is 5.75 Å². The Labute approximate surface area is 185 Å². The predicted molar refractivity (Wildman–Crippen MR) is 126 cm³/mol. The average Bonchev–Trinajstić information content (AvgIpc) is 3.08. The molecule has 0 unspecified atom stereocenters. The number of fused-ring (bicyclic) bond motifs is 1. The highest BCUT2D eigenvalue weighted by Gasteiger charge is 2.05. The summed E-state index contributed by atoms with van der Waals surface area (Å²) in [5.74, 6) is 1.62. The van der Waals surface area contributed by atoms with E-state index in [1.54, 1.807) is 14.2 Å². The summed E-state index contributed by atoms with van der Waals surface area (Å²) in [6, 6.07) is 14.4. The van der Waals surface area contributed by atoms with Gasteiger partial charge in [-0.05, 0) is 51.7 Å². The molecule has 3 aromatic rings. The number of H-pyrrole nitrogens is 1. The molecule has 0 fully saturated rings. The highest BCUT2D eigenvalue weighted by atomic mass is 127. The maximum Gasteiger partial charge on any atom is 0.191 e. The van der Waals surface area contributed by atoms with Gasteiger partial charge in [0.2, 0.25) is 0 Å². The van der Waals surface area contributed by atoms with Gasteiger partial charge in [-0.2, -0.15) is 0 Å². The van der Waals surface area contributed by atoms with E-state index in [2.05, 4.69) is 60.9 Å². The standard InChI is InChI=1S/C20H23BrN4O.HI/c1-22-20(25-12-14-7-8-19(26-2)17(21)11-14)23-10-9-15-13-24-18-6-4-3-5-16(15)18;/h3-8,11,13,24H,9-10,12H2,1-2H3,(H2,22,23,25);1H. The van der Waals surface area contributed by atoms with Crippen molar-refractivity contribution in [2.45, 2.75) is 13.0 Å². The van der Waals surface area contributed by atoms with Crippen LogP contribution < -0.4 is 15.4 Å². The molecule has 0 bridgehead atoms. The van der Waals surface area contributed by atoms with Gasteiger partial charge in [-0.3, -0.25) is 4.99 Å². The van der Waals surface area contributed by atoms with Crippen molar-refractivity contribution in [1.29, 1.82) is 0 Å². The van der Waals surface area contributed by atoms with Crippen molar-refractivity contribution in [2.75, 3.05) is 20.7 Å². The van der Waals surface area contributed by atoms with Crippen LogP contribution in [0.1, 0.15) is 11.1 Å². The smallest absolute Gasteiger partial charge is 0.191 e. The Bertz CT molecular complexity index is 910. The van der Waals surface area contributed by atoms with E-state index in [0.717, 1.165) is 34.7 Å². The number of hydrogen-bond acceptors (Lipinski definition) is 2. The van der Waals surface area contributed by atoms with Crippen LogP contribution >= 0.6 is 39.9 Å². The van der Waals surface area contributed by atoms with E-state index in [1.807, 2.05) is 24.3 Å². The van der Waals surface area contributed by atoms with E-state index < -0.39 is 0 Å². The van der Waals surface area contributed by atoms with Crippen molar-refractivity contribution in [2.24, 2.45) is 4.99 Å². The van der Waals surface area contributed by atoms with Gasteiger partial charge >= 0.3 is 0 Å². The molecule has 0 aliphatic heterocycles. The van der Waals surface area contributed by atoms with Crippen LogP contribution in [-0.4, -0.2) is 31.6 Å². The molecule has 27 heavy (non-hydrogen) atoms. The second kappa shape index (κ2) is 10.6. The van der Waals surface area contributed by atoms with Crippen LogP contribution in [0, 0.1) is 0 Å². The zero-order valence-corrected chi connectivity index (χ0v) is 19.3. The minimum atomic E-state index is 0. The van der Waals surface area contributed by atoms with Gasteiger partial charge in [0.05, 0.1) is 11.6 Å². The molecule has 0 aliphatic carbocycles. The van der Waals surface area contributed by atoms with E-state index in [9.17, 15) is 0 Å². The molecule has 1 heterocycles. The molecule has 2 aromatic carbocycles. The summed E-state index contributed by atoms with van der Waals surface area (Å²) in [6.07, 6.45) is 3.01. The molecule has 3 rings (SSSR count). The van der Waals surface area contributed by atoms with Crippen LogP contribution in [0.4, 0.5) is 0 Å². The Morgan fingerprint density at radius 2 is 2.00 bits per heavy atom. The number of nitrogens with zero attached hydrogens (tertiary/aromatic N) is 1. The Kier molecular flexibility index (Phi) is 8.43. The maximum atomic E-state index is 5.26. The molecule has 0 spiro atoms. The first-order valence-electron chi connectivity index (χ1n) is 8.53. The normalized spacial score (nSPS) is 11.1. The third-order valence-corrected chi connectivity index (χ3v) is 4.88. The Morgan fingerprint density at radius 1 is 1.19 bits per heavy atom. The molecule has 7 heteroatoms. The third kappa shape index (κ3) is 5.62. The third-order valence-electron chi connectivity index (χ3n) is 4.26. The second-order valence-electron chi connectivity index (χ2n) is 5.93. The number of aliphatic imine (C=N–C) groups is 1. The Hall–Kier alpha value is -1.74. The van der Waals surface area contributed by atoms with E-state index in [1.165, 1.54) is 16.5 Å². The largest absolute Gasteiger partial charge is 0.496 e. The number of para-hydroxylation sites is 1. The van der Waals surface area contributed by atoms with Crippen LogP contribution in [0.25, 0.3) is 10.9 Å². The quantitative estimate of drug-likeness (QED) is 0.245. The zero-order chi connectivity index (χ0) is 18.4. The summed E-state index contributed by atoms with van der Waals surface area (Å²) in [5.41, 5.74) is 3.63. The van der Waals surface area contributed by atoms with Crippen molar-refractivity contribution in [1.82, 2.24) is 15.6 Å². The summed E-state index contributed by atoms with van der Waals surface area (Å²) in [6.45, 7) is 1.50. The van der Waals surface area contributed by atoms with Crippen molar-refractivity contribution in [3.8, 4) is 5.75 Å². The van der Waals surface area contributed by atoms with Crippen molar-refractivity contribution < 1.29 is 4.74 Å². The molecule has 0 saturated heterocycles. The lowest BCUT2D eigenvalue weighted by molar-refractivity contribution is 0.412. The number of benzene rings is 2. The number of aromatic amines is 1. The fourth-order valence-electron chi connectivity index (χ4n) is 2.88. The number of halogens is 2. The van der Waals surface area contributed by atoms with E-state index in [-0.39, 0.29) is 24.0 Å². The van der Waals surface area contributed by atoms with E-state index in [4.69, 9.17) is 4.74 Å². The van der Waals surface area contributed by atoms with Crippen molar-refractivity contribution in [3.05, 3.63) is 64.3 Å². The minimum Gasteiger partial charge on any atom is -0.496 e. The lowest BCUT2D eigenvalue weighted by Crippen LogP contribution is -2.37. The van der Waals surface area contributed by atoms with Gasteiger partial charge in [0, 0.05) is 37.2 Å². The summed E-state index contributed by atoms with van der Waals surface area (Å²) >= 11 is 3.51. The lowest BCUT2D eigenvalue weighted by atomic mass is 10.1. The molecule has 0 saturated carbocycles. The number of rotatable bonds is 6. The first-order valence-corrected chi connectivity index (χ1v) is 9.32. The molecular weight excluding hydrogens is 519 g/mol. The molecule has 144 valence electrons. The van der Waals surface area contributed by atoms with E-state index in [0.29, 0.717) is 6.54 Å². The van der Waals surface area contributed by atoms with Gasteiger partial charge in [-0.1, -0.05) is 24.3 Å². The van der Waals surface area contributed by atoms with E-state index >= 15 is 0 Å². The molecular formula is C20H24BrIN4O. The van der Waals surface area contributed by atoms with Gasteiger partial charge in [-0.25, -0.2) is 0 Å². The molecule has 0 aliphatic rings. The first-order chi connectivity index (χ1) is 12.7. The average molecular weight is 543 g/mol. The lowest BCUT2D eigenvalue weighted by Gasteiger charge is -2.12. The van der Waals surface area contributed by atoms with Crippen LogP contribution in [0.2, 0.25) is 0 Å². The molecule has 0 radical (unpaired) electrons. The summed E-state index contributed by atoms with van der Waals surface area (Å²) < 4.78 is 6.21. The monoisotopic (exact) mass is 542 g/mol. The number of ether oxygens (including phenoxy) is 1. The van der Waals surface area contributed by atoms with Gasteiger partial charge in [0.15, 0.2) is 5.96 Å². The maximum absolute atomic E-state index is 5.26. The number of nitrogens with one attached hydrogen (secondary N) is 3. The van der Waals surface area contributed by atoms with Gasteiger partial charge in [0.25, 0.3) is 0 Å². The number of methoxy groups -OCH3 is 1. The molecule has 1 aromatic heterocycles. The minimum absolute atomic E-state index is 0. The van der Waals surface area contributed by atoms with Crippen molar-refractivity contribution in [3.63, 3.8) is 0 Å². The molecule has 3 N–H and O–H groups in total. The summed E-state index contributed by atoms with van der Waals surface area (Å²) in [7, 11) is 3.45. The number of hydrogen-bond donors (Lipinski definition) is 3. The fraction of sp³-hybridized carbons (Fsp3) is 0.250. The van der Waals surface area contributed by atoms with Crippen LogP contribution in [0.5, 0.6) is 5.75 Å². The van der Waals surface area contributed by atoms with Crippen LogP contribution in [0.3, 0.4) is 0 Å². The van der Waals surface area contributed by atoms with Gasteiger partial charge in [-0.15, -0.1) is 24.0 Å². The zero-order valence-electron chi connectivity index (χ0n) is 15.4. The number of aromatic nitrogens is 1. The Morgan fingerprint density at radius 3 is 2.74 bits per heavy atom. The second-order valence-corrected chi connectivity index (χ2v) is 6.79. The fourth-order valence-corrected chi connectivity index (χ4v) is 3.47. The van der Waals surface area contributed by atoms with Gasteiger partial charge < -0.3 is 20.4 Å². The number of guanidine groups is 1. The highest BCUT2D eigenvalue weighted by molar-refractivity contribution is 14.0. The summed E-state index contributed by atoms with van der Waals surface area (Å²) in [4.78, 5) is 7.60.